The topological polar surface area (TPSA) is 31.2 Å². The number of carbonyl (C=O) groups is 1. The van der Waals surface area contributed by atoms with E-state index in [0.29, 0.717) is 6.42 Å². The van der Waals surface area contributed by atoms with E-state index in [1.807, 2.05) is 18.3 Å². The van der Waals surface area contributed by atoms with Crippen LogP contribution in [0.3, 0.4) is 0 Å². The second-order valence-electron chi connectivity index (χ2n) is 5.46. The van der Waals surface area contributed by atoms with Gasteiger partial charge >= 0.3 is 0 Å². The van der Waals surface area contributed by atoms with Crippen LogP contribution in [-0.4, -0.2) is 17.5 Å². The van der Waals surface area contributed by atoms with Crippen molar-refractivity contribution in [3.8, 4) is 5.75 Å². The molecule has 3 rings (SSSR count). The second-order valence-corrected chi connectivity index (χ2v) is 5.46. The van der Waals surface area contributed by atoms with Crippen molar-refractivity contribution in [2.75, 3.05) is 7.11 Å². The number of rotatable bonds is 3. The number of ether oxygens (including phenoxy) is 1. The van der Waals surface area contributed by atoms with Crippen molar-refractivity contribution in [1.82, 2.24) is 4.57 Å². The molecule has 0 N–H and O–H groups in total. The molecule has 1 aliphatic rings. The lowest BCUT2D eigenvalue weighted by Crippen LogP contribution is -2.07. The zero-order valence-corrected chi connectivity index (χ0v) is 12.0. The molecule has 1 heterocycles. The molecule has 3 heteroatoms. The van der Waals surface area contributed by atoms with E-state index < -0.39 is 0 Å². The van der Waals surface area contributed by atoms with Crippen LogP contribution in [0.2, 0.25) is 0 Å². The average Bonchev–Trinajstić information content (AvgIpc) is 2.83. The van der Waals surface area contributed by atoms with Gasteiger partial charge in [-0.15, -0.1) is 0 Å². The lowest BCUT2D eigenvalue weighted by Gasteiger charge is -2.10. The smallest absolute Gasteiger partial charge is 0.164 e. The molecule has 0 atom stereocenters. The molecule has 0 saturated carbocycles. The number of aryl methyl sites for hydroxylation is 2. The van der Waals surface area contributed by atoms with Gasteiger partial charge in [0.15, 0.2) is 5.78 Å². The highest BCUT2D eigenvalue weighted by atomic mass is 16.5. The first kappa shape index (κ1) is 13.0. The summed E-state index contributed by atoms with van der Waals surface area (Å²) < 4.78 is 7.52. The number of benzene rings is 1. The molecular formula is C17H19NO2. The molecule has 0 amide bonds. The standard InChI is InChI=1S/C17H19NO2/c1-12-6-7-17(20-2)14(8-12)10-18-9-13-4-3-5-16(19)15(13)11-18/h6-9,11H,3-5,10H2,1-2H3. The molecule has 0 bridgehead atoms. The molecule has 20 heavy (non-hydrogen) atoms. The predicted molar refractivity (Wildman–Crippen MR) is 78.5 cm³/mol. The fourth-order valence-electron chi connectivity index (χ4n) is 2.90. The highest BCUT2D eigenvalue weighted by molar-refractivity contribution is 5.98. The Morgan fingerprint density at radius 3 is 2.85 bits per heavy atom. The quantitative estimate of drug-likeness (QED) is 0.855. The Bertz CT molecular complexity index is 655. The maximum atomic E-state index is 11.9. The van der Waals surface area contributed by atoms with Crippen LogP contribution in [0.15, 0.2) is 30.6 Å². The molecule has 1 aliphatic carbocycles. The summed E-state index contributed by atoms with van der Waals surface area (Å²) in [7, 11) is 1.69. The highest BCUT2D eigenvalue weighted by Gasteiger charge is 2.19. The Balaban J connectivity index is 1.92. The number of ketones is 1. The van der Waals surface area contributed by atoms with Gasteiger partial charge in [0.1, 0.15) is 5.75 Å². The van der Waals surface area contributed by atoms with Crippen molar-refractivity contribution in [1.29, 1.82) is 0 Å². The third-order valence-corrected chi connectivity index (χ3v) is 3.90. The fourth-order valence-corrected chi connectivity index (χ4v) is 2.90. The number of nitrogens with zero attached hydrogens (tertiary/aromatic N) is 1. The molecule has 0 aliphatic heterocycles. The zero-order valence-electron chi connectivity index (χ0n) is 12.0. The molecule has 0 radical (unpaired) electrons. The molecule has 1 aromatic heterocycles. The van der Waals surface area contributed by atoms with Gasteiger partial charge in [0.25, 0.3) is 0 Å². The summed E-state index contributed by atoms with van der Waals surface area (Å²) in [5.41, 5.74) is 4.46. The summed E-state index contributed by atoms with van der Waals surface area (Å²) in [6.45, 7) is 2.82. The van der Waals surface area contributed by atoms with Crippen LogP contribution in [0.25, 0.3) is 0 Å². The van der Waals surface area contributed by atoms with Crippen molar-refractivity contribution in [3.05, 3.63) is 52.8 Å². The summed E-state index contributed by atoms with van der Waals surface area (Å²) in [6.07, 6.45) is 6.76. The van der Waals surface area contributed by atoms with Gasteiger partial charge in [-0.2, -0.15) is 0 Å². The minimum absolute atomic E-state index is 0.279. The maximum absolute atomic E-state index is 11.9. The second kappa shape index (κ2) is 5.16. The molecule has 0 saturated heterocycles. The Kier molecular flexibility index (Phi) is 3.35. The predicted octanol–water partition coefficient (Wildman–Crippen LogP) is 3.37. The minimum Gasteiger partial charge on any atom is -0.496 e. The molecule has 1 aromatic carbocycles. The van der Waals surface area contributed by atoms with Crippen molar-refractivity contribution in [2.24, 2.45) is 0 Å². The lowest BCUT2D eigenvalue weighted by atomic mass is 9.95. The number of carbonyl (C=O) groups excluding carboxylic acids is 1. The van der Waals surface area contributed by atoms with Crippen LogP contribution in [0, 0.1) is 6.92 Å². The van der Waals surface area contributed by atoms with Crippen molar-refractivity contribution in [2.45, 2.75) is 32.7 Å². The average molecular weight is 269 g/mol. The van der Waals surface area contributed by atoms with Crippen molar-refractivity contribution >= 4 is 5.78 Å². The first-order valence-corrected chi connectivity index (χ1v) is 7.03. The Hall–Kier alpha value is -2.03. The summed E-state index contributed by atoms with van der Waals surface area (Å²) in [4.78, 5) is 11.9. The Labute approximate surface area is 119 Å². The summed E-state index contributed by atoms with van der Waals surface area (Å²) in [6, 6.07) is 6.19. The summed E-state index contributed by atoms with van der Waals surface area (Å²) >= 11 is 0. The first-order chi connectivity index (χ1) is 9.67. The van der Waals surface area contributed by atoms with Crippen molar-refractivity contribution in [3.63, 3.8) is 0 Å². The van der Waals surface area contributed by atoms with E-state index in [1.54, 1.807) is 7.11 Å². The van der Waals surface area contributed by atoms with Crippen LogP contribution in [0.1, 0.15) is 39.9 Å². The maximum Gasteiger partial charge on any atom is 0.164 e. The van der Waals surface area contributed by atoms with Gasteiger partial charge in [0.2, 0.25) is 0 Å². The number of hydrogen-bond acceptors (Lipinski definition) is 2. The van der Waals surface area contributed by atoms with Crippen LogP contribution < -0.4 is 4.74 Å². The number of fused-ring (bicyclic) bond motifs is 1. The van der Waals surface area contributed by atoms with E-state index in [4.69, 9.17) is 4.74 Å². The van der Waals surface area contributed by atoms with Gasteiger partial charge < -0.3 is 9.30 Å². The molecule has 2 aromatic rings. The van der Waals surface area contributed by atoms with E-state index in [-0.39, 0.29) is 5.78 Å². The van der Waals surface area contributed by atoms with Gasteiger partial charge in [-0.1, -0.05) is 17.7 Å². The van der Waals surface area contributed by atoms with Crippen molar-refractivity contribution < 1.29 is 9.53 Å². The van der Waals surface area contributed by atoms with E-state index in [2.05, 4.69) is 23.8 Å². The SMILES string of the molecule is COc1ccc(C)cc1Cn1cc2c(c1)C(=O)CCC2. The zero-order chi connectivity index (χ0) is 14.1. The van der Waals surface area contributed by atoms with Gasteiger partial charge in [-0.3, -0.25) is 4.79 Å². The molecule has 0 unspecified atom stereocenters. The normalized spacial score (nSPS) is 14.2. The van der Waals surface area contributed by atoms with Gasteiger partial charge in [0, 0.05) is 29.9 Å². The number of Topliss-reactive ketones (excluding diaryl/α,β-unsaturated/α-hetero) is 1. The van der Waals surface area contributed by atoms with Gasteiger partial charge in [-0.05, 0) is 31.4 Å². The largest absolute Gasteiger partial charge is 0.496 e. The van der Waals surface area contributed by atoms with Gasteiger partial charge in [-0.25, -0.2) is 0 Å². The summed E-state index contributed by atoms with van der Waals surface area (Å²) in [5, 5.41) is 0. The molecule has 104 valence electrons. The van der Waals surface area contributed by atoms with E-state index in [0.717, 1.165) is 36.3 Å². The van der Waals surface area contributed by atoms with Crippen LogP contribution >= 0.6 is 0 Å². The van der Waals surface area contributed by atoms with Gasteiger partial charge in [0.05, 0.1) is 13.7 Å². The molecular weight excluding hydrogens is 250 g/mol. The lowest BCUT2D eigenvalue weighted by molar-refractivity contribution is 0.0973. The highest BCUT2D eigenvalue weighted by Crippen LogP contribution is 2.25. The van der Waals surface area contributed by atoms with E-state index in [9.17, 15) is 4.79 Å². The number of methoxy groups -OCH3 is 1. The molecule has 0 spiro atoms. The van der Waals surface area contributed by atoms with E-state index >= 15 is 0 Å². The van der Waals surface area contributed by atoms with Crippen LogP contribution in [0.4, 0.5) is 0 Å². The van der Waals surface area contributed by atoms with E-state index in [1.165, 1.54) is 11.1 Å². The first-order valence-electron chi connectivity index (χ1n) is 7.03. The third-order valence-electron chi connectivity index (χ3n) is 3.90. The minimum atomic E-state index is 0.279. The number of hydrogen-bond donors (Lipinski definition) is 0. The monoisotopic (exact) mass is 269 g/mol. The molecule has 3 nitrogen and oxygen atoms in total. The van der Waals surface area contributed by atoms with Crippen LogP contribution in [-0.2, 0) is 13.0 Å². The number of aromatic nitrogens is 1. The molecule has 0 fully saturated rings. The summed E-state index contributed by atoms with van der Waals surface area (Å²) in [5.74, 6) is 1.18. The Morgan fingerprint density at radius 1 is 1.25 bits per heavy atom. The Morgan fingerprint density at radius 2 is 2.10 bits per heavy atom. The van der Waals surface area contributed by atoms with Crippen LogP contribution in [0.5, 0.6) is 5.75 Å². The third kappa shape index (κ3) is 2.36. The fraction of sp³-hybridized carbons (Fsp3) is 0.353.